The van der Waals surface area contributed by atoms with Crippen LogP contribution in [0.25, 0.3) is 0 Å². The fraction of sp³-hybridized carbons (Fsp3) is 0.417. The SMILES string of the molecule is CN(CC1CC1)C(=O)c1cc([N+](=O)[O-])cc(Cl)c1Cl. The van der Waals surface area contributed by atoms with Gasteiger partial charge in [-0.05, 0) is 18.8 Å². The molecule has 1 aromatic carbocycles. The second kappa shape index (κ2) is 5.35. The minimum absolute atomic E-state index is 0.0130. The van der Waals surface area contributed by atoms with Gasteiger partial charge >= 0.3 is 0 Å². The van der Waals surface area contributed by atoms with Crippen LogP contribution in [0.3, 0.4) is 0 Å². The summed E-state index contributed by atoms with van der Waals surface area (Å²) in [6.45, 7) is 0.634. The van der Waals surface area contributed by atoms with Gasteiger partial charge in [0.25, 0.3) is 11.6 Å². The molecule has 0 N–H and O–H groups in total. The first-order valence-corrected chi connectivity index (χ1v) is 6.54. The number of nitrogens with zero attached hydrogens (tertiary/aromatic N) is 2. The van der Waals surface area contributed by atoms with E-state index in [0.717, 1.165) is 18.9 Å². The second-order valence-corrected chi connectivity index (χ2v) is 5.46. The smallest absolute Gasteiger partial charge is 0.271 e. The van der Waals surface area contributed by atoms with Crippen molar-refractivity contribution >= 4 is 34.8 Å². The maximum absolute atomic E-state index is 12.2. The number of nitro benzene ring substituents is 1. The highest BCUT2D eigenvalue weighted by molar-refractivity contribution is 6.44. The Kier molecular flexibility index (Phi) is 3.96. The van der Waals surface area contributed by atoms with Gasteiger partial charge in [-0.15, -0.1) is 0 Å². The molecule has 0 aromatic heterocycles. The standard InChI is InChI=1S/C12H12Cl2N2O3/c1-15(6-7-2-3-7)12(17)9-4-8(16(18)19)5-10(13)11(9)14/h4-5,7H,2-3,6H2,1H3. The number of carbonyl (C=O) groups excluding carboxylic acids is 1. The molecule has 0 aliphatic heterocycles. The fourth-order valence-electron chi connectivity index (χ4n) is 1.81. The number of nitro groups is 1. The molecule has 1 amide bonds. The fourth-order valence-corrected chi connectivity index (χ4v) is 2.22. The van der Waals surface area contributed by atoms with Crippen LogP contribution in [0.15, 0.2) is 12.1 Å². The van der Waals surface area contributed by atoms with Crippen molar-refractivity contribution in [2.75, 3.05) is 13.6 Å². The van der Waals surface area contributed by atoms with Gasteiger partial charge in [0.2, 0.25) is 0 Å². The average molecular weight is 303 g/mol. The Labute approximate surface area is 120 Å². The topological polar surface area (TPSA) is 63.5 Å². The number of halogens is 2. The van der Waals surface area contributed by atoms with Crippen LogP contribution in [0.1, 0.15) is 23.2 Å². The molecule has 1 aliphatic rings. The Morgan fingerprint density at radius 1 is 1.47 bits per heavy atom. The molecule has 0 bridgehead atoms. The first-order valence-electron chi connectivity index (χ1n) is 5.79. The first-order chi connectivity index (χ1) is 8.90. The highest BCUT2D eigenvalue weighted by atomic mass is 35.5. The van der Waals surface area contributed by atoms with Crippen LogP contribution in [0.4, 0.5) is 5.69 Å². The molecule has 19 heavy (non-hydrogen) atoms. The molecule has 0 radical (unpaired) electrons. The summed E-state index contributed by atoms with van der Waals surface area (Å²) in [6, 6.07) is 2.31. The molecule has 0 spiro atoms. The molecule has 0 atom stereocenters. The minimum atomic E-state index is -0.597. The summed E-state index contributed by atoms with van der Waals surface area (Å²) < 4.78 is 0. The van der Waals surface area contributed by atoms with Gasteiger partial charge < -0.3 is 4.90 Å². The maximum atomic E-state index is 12.2. The monoisotopic (exact) mass is 302 g/mol. The highest BCUT2D eigenvalue weighted by Crippen LogP contribution is 2.33. The normalized spacial score (nSPS) is 14.3. The summed E-state index contributed by atoms with van der Waals surface area (Å²) in [4.78, 5) is 23.9. The van der Waals surface area contributed by atoms with Gasteiger partial charge in [-0.2, -0.15) is 0 Å². The van der Waals surface area contributed by atoms with Gasteiger partial charge in [0.1, 0.15) is 0 Å². The largest absolute Gasteiger partial charge is 0.341 e. The molecule has 102 valence electrons. The molecule has 1 fully saturated rings. The van der Waals surface area contributed by atoms with Gasteiger partial charge in [-0.25, -0.2) is 0 Å². The average Bonchev–Trinajstić information content (AvgIpc) is 3.15. The van der Waals surface area contributed by atoms with Gasteiger partial charge in [0, 0.05) is 25.7 Å². The Hall–Kier alpha value is -1.33. The second-order valence-electron chi connectivity index (χ2n) is 4.68. The number of hydrogen-bond acceptors (Lipinski definition) is 3. The molecule has 1 saturated carbocycles. The van der Waals surface area contributed by atoms with E-state index in [9.17, 15) is 14.9 Å². The zero-order valence-electron chi connectivity index (χ0n) is 10.2. The van der Waals surface area contributed by atoms with Crippen molar-refractivity contribution in [3.63, 3.8) is 0 Å². The molecule has 0 heterocycles. The van der Waals surface area contributed by atoms with Crippen LogP contribution in [0.5, 0.6) is 0 Å². The predicted octanol–water partition coefficient (Wildman–Crippen LogP) is 3.38. The molecule has 0 unspecified atom stereocenters. The number of carbonyl (C=O) groups is 1. The number of rotatable bonds is 4. The van der Waals surface area contributed by atoms with Gasteiger partial charge in [0.05, 0.1) is 20.5 Å². The molecular formula is C12H12Cl2N2O3. The molecule has 1 aromatic rings. The quantitative estimate of drug-likeness (QED) is 0.632. The lowest BCUT2D eigenvalue weighted by Crippen LogP contribution is -2.29. The predicted molar refractivity (Wildman–Crippen MR) is 72.8 cm³/mol. The molecule has 5 nitrogen and oxygen atoms in total. The van der Waals surface area contributed by atoms with Crippen molar-refractivity contribution < 1.29 is 9.72 Å². The zero-order chi connectivity index (χ0) is 14.2. The summed E-state index contributed by atoms with van der Waals surface area (Å²) in [5.74, 6) is 0.185. The van der Waals surface area contributed by atoms with Crippen LogP contribution in [0.2, 0.25) is 10.0 Å². The Morgan fingerprint density at radius 3 is 2.63 bits per heavy atom. The molecule has 0 saturated heterocycles. The van der Waals surface area contributed by atoms with E-state index < -0.39 is 4.92 Å². The van der Waals surface area contributed by atoms with Crippen molar-refractivity contribution in [2.45, 2.75) is 12.8 Å². The van der Waals surface area contributed by atoms with Gasteiger partial charge in [0.15, 0.2) is 0 Å². The van der Waals surface area contributed by atoms with Crippen molar-refractivity contribution in [3.8, 4) is 0 Å². The molecule has 1 aliphatic carbocycles. The lowest BCUT2D eigenvalue weighted by atomic mass is 10.1. The number of hydrogen-bond donors (Lipinski definition) is 0. The Morgan fingerprint density at radius 2 is 2.11 bits per heavy atom. The number of amides is 1. The van der Waals surface area contributed by atoms with Crippen molar-refractivity contribution in [2.24, 2.45) is 5.92 Å². The third-order valence-electron chi connectivity index (χ3n) is 3.03. The van der Waals surface area contributed by atoms with Crippen LogP contribution in [0, 0.1) is 16.0 Å². The number of non-ortho nitro benzene ring substituents is 1. The van der Waals surface area contributed by atoms with Crippen molar-refractivity contribution in [3.05, 3.63) is 37.9 Å². The van der Waals surface area contributed by atoms with E-state index in [-0.39, 0.29) is 27.2 Å². The lowest BCUT2D eigenvalue weighted by Gasteiger charge is -2.17. The van der Waals surface area contributed by atoms with E-state index >= 15 is 0 Å². The van der Waals surface area contributed by atoms with E-state index in [1.165, 1.54) is 11.0 Å². The summed E-state index contributed by atoms with van der Waals surface area (Å²) in [5.41, 5.74) is -0.165. The highest BCUT2D eigenvalue weighted by Gasteiger charge is 2.27. The molecule has 2 rings (SSSR count). The molecular weight excluding hydrogens is 291 g/mol. The summed E-state index contributed by atoms with van der Waals surface area (Å²) in [7, 11) is 1.66. The lowest BCUT2D eigenvalue weighted by molar-refractivity contribution is -0.384. The Balaban J connectivity index is 2.31. The number of benzene rings is 1. The van der Waals surface area contributed by atoms with Crippen LogP contribution < -0.4 is 0 Å². The van der Waals surface area contributed by atoms with Gasteiger partial charge in [-0.3, -0.25) is 14.9 Å². The Bertz CT molecular complexity index is 544. The van der Waals surface area contributed by atoms with E-state index in [1.807, 2.05) is 0 Å². The van der Waals surface area contributed by atoms with Crippen molar-refractivity contribution in [1.29, 1.82) is 0 Å². The van der Waals surface area contributed by atoms with Gasteiger partial charge in [-0.1, -0.05) is 23.2 Å². The first kappa shape index (κ1) is 14.1. The summed E-state index contributed by atoms with van der Waals surface area (Å²) in [6.07, 6.45) is 2.22. The third kappa shape index (κ3) is 3.16. The van der Waals surface area contributed by atoms with E-state index in [1.54, 1.807) is 7.05 Å². The molecule has 7 heteroatoms. The summed E-state index contributed by atoms with van der Waals surface area (Å²) >= 11 is 11.8. The van der Waals surface area contributed by atoms with Crippen LogP contribution in [-0.2, 0) is 0 Å². The van der Waals surface area contributed by atoms with Crippen molar-refractivity contribution in [1.82, 2.24) is 4.90 Å². The van der Waals surface area contributed by atoms with Crippen LogP contribution >= 0.6 is 23.2 Å². The van der Waals surface area contributed by atoms with E-state index in [0.29, 0.717) is 12.5 Å². The van der Waals surface area contributed by atoms with E-state index in [4.69, 9.17) is 23.2 Å². The minimum Gasteiger partial charge on any atom is -0.341 e. The summed E-state index contributed by atoms with van der Waals surface area (Å²) in [5, 5.41) is 10.8. The van der Waals surface area contributed by atoms with Crippen LogP contribution in [-0.4, -0.2) is 29.3 Å². The zero-order valence-corrected chi connectivity index (χ0v) is 11.7. The third-order valence-corrected chi connectivity index (χ3v) is 3.83. The van der Waals surface area contributed by atoms with E-state index in [2.05, 4.69) is 0 Å². The maximum Gasteiger partial charge on any atom is 0.271 e.